The van der Waals surface area contributed by atoms with Gasteiger partial charge >= 0.3 is 0 Å². The molecule has 1 aromatic carbocycles. The van der Waals surface area contributed by atoms with Crippen molar-refractivity contribution in [2.45, 2.75) is 13.8 Å². The quantitative estimate of drug-likeness (QED) is 0.683. The molecule has 3 heterocycles. The number of benzene rings is 1. The third-order valence-electron chi connectivity index (χ3n) is 4.48. The largest absolute Gasteiger partial charge is 0.341 e. The van der Waals surface area contributed by atoms with Crippen LogP contribution >= 0.6 is 0 Å². The number of carbonyl (C=O) groups is 1. The third kappa shape index (κ3) is 2.38. The van der Waals surface area contributed by atoms with E-state index in [0.717, 1.165) is 36.0 Å². The van der Waals surface area contributed by atoms with Crippen molar-refractivity contribution in [1.82, 2.24) is 9.88 Å². The molecule has 120 valence electrons. The number of rotatable bonds is 2. The average Bonchev–Trinajstić information content (AvgIpc) is 3.08. The zero-order valence-electron chi connectivity index (χ0n) is 13.7. The van der Waals surface area contributed by atoms with Gasteiger partial charge in [-0.1, -0.05) is 0 Å². The number of hydrogen-bond donors (Lipinski definition) is 1. The number of anilines is 1. The molecule has 0 aliphatic carbocycles. The van der Waals surface area contributed by atoms with Gasteiger partial charge in [-0.25, -0.2) is 0 Å². The number of aryl methyl sites for hydroxylation is 2. The van der Waals surface area contributed by atoms with Gasteiger partial charge in [-0.15, -0.1) is 0 Å². The van der Waals surface area contributed by atoms with Gasteiger partial charge in [0, 0.05) is 36.1 Å². The Bertz CT molecular complexity index is 884. The molecule has 0 radical (unpaired) electrons. The molecular formula is C19H18N4O. The maximum Gasteiger partial charge on any atom is 0.191 e. The minimum absolute atomic E-state index is 0.0656. The first-order valence-corrected chi connectivity index (χ1v) is 8.00. The molecule has 0 fully saturated rings. The maximum absolute atomic E-state index is 12.5. The molecule has 0 spiro atoms. The Morgan fingerprint density at radius 2 is 2.12 bits per heavy atom. The molecule has 0 bridgehead atoms. The highest BCUT2D eigenvalue weighted by Gasteiger charge is 2.30. The van der Waals surface area contributed by atoms with Crippen LogP contribution in [0.25, 0.3) is 0 Å². The number of fused-ring (bicyclic) bond motifs is 3. The fourth-order valence-corrected chi connectivity index (χ4v) is 3.05. The molecule has 2 aromatic rings. The van der Waals surface area contributed by atoms with Crippen molar-refractivity contribution in [1.29, 1.82) is 0 Å². The van der Waals surface area contributed by atoms with Crippen molar-refractivity contribution in [3.8, 4) is 0 Å². The highest BCUT2D eigenvalue weighted by atomic mass is 16.1. The molecule has 0 saturated carbocycles. The Balaban J connectivity index is 1.76. The Kier molecular flexibility index (Phi) is 3.41. The molecule has 2 aliphatic heterocycles. The van der Waals surface area contributed by atoms with Crippen LogP contribution in [-0.4, -0.2) is 34.6 Å². The molecule has 5 heteroatoms. The van der Waals surface area contributed by atoms with Crippen LogP contribution in [-0.2, 0) is 0 Å². The van der Waals surface area contributed by atoms with Gasteiger partial charge in [0.25, 0.3) is 0 Å². The zero-order valence-corrected chi connectivity index (χ0v) is 13.7. The first kappa shape index (κ1) is 14.6. The van der Waals surface area contributed by atoms with Gasteiger partial charge in [-0.2, -0.15) is 0 Å². The summed E-state index contributed by atoms with van der Waals surface area (Å²) in [5.74, 6) is 1.65. The summed E-state index contributed by atoms with van der Waals surface area (Å²) in [6.07, 6.45) is 4.88. The second kappa shape index (κ2) is 5.60. The molecule has 1 N–H and O–H groups in total. The van der Waals surface area contributed by atoms with Gasteiger partial charge in [0.15, 0.2) is 5.78 Å². The van der Waals surface area contributed by atoms with E-state index in [1.54, 1.807) is 30.6 Å². The van der Waals surface area contributed by atoms with Gasteiger partial charge < -0.3 is 10.2 Å². The summed E-state index contributed by atoms with van der Waals surface area (Å²) in [5.41, 5.74) is 5.13. The lowest BCUT2D eigenvalue weighted by atomic mass is 10.0. The van der Waals surface area contributed by atoms with Crippen LogP contribution in [0.1, 0.15) is 27.0 Å². The fraction of sp³-hybridized carbons (Fsp3) is 0.211. The summed E-state index contributed by atoms with van der Waals surface area (Å²) in [5, 5.41) is 3.40. The van der Waals surface area contributed by atoms with E-state index in [1.165, 1.54) is 11.1 Å². The van der Waals surface area contributed by atoms with E-state index in [9.17, 15) is 4.79 Å². The molecule has 0 atom stereocenters. The number of allylic oxidation sites excluding steroid dienone is 1. The van der Waals surface area contributed by atoms with E-state index in [4.69, 9.17) is 0 Å². The van der Waals surface area contributed by atoms with E-state index in [2.05, 4.69) is 46.2 Å². The Morgan fingerprint density at radius 1 is 1.29 bits per heavy atom. The second-order valence-corrected chi connectivity index (χ2v) is 6.10. The smallest absolute Gasteiger partial charge is 0.191 e. The van der Waals surface area contributed by atoms with Crippen molar-refractivity contribution in [3.05, 3.63) is 70.8 Å². The van der Waals surface area contributed by atoms with Crippen molar-refractivity contribution >= 4 is 17.3 Å². The number of nitrogens with one attached hydrogen (secondary N) is 1. The predicted molar refractivity (Wildman–Crippen MR) is 94.3 cm³/mol. The summed E-state index contributed by atoms with van der Waals surface area (Å²) in [6, 6.07) is 7.82. The SMILES string of the molecule is Cc1cc2c(cc1C)C1=NCCN1C(=CC(=O)c1cccnc1)N2. The summed E-state index contributed by atoms with van der Waals surface area (Å²) in [7, 11) is 0. The minimum Gasteiger partial charge on any atom is -0.341 e. The number of carbonyl (C=O) groups excluding carboxylic acids is 1. The third-order valence-corrected chi connectivity index (χ3v) is 4.48. The van der Waals surface area contributed by atoms with Crippen LogP contribution in [0.15, 0.2) is 53.5 Å². The van der Waals surface area contributed by atoms with Crippen molar-refractivity contribution in [3.63, 3.8) is 0 Å². The number of hydrogen-bond acceptors (Lipinski definition) is 5. The maximum atomic E-state index is 12.5. The molecule has 0 amide bonds. The van der Waals surface area contributed by atoms with Gasteiger partial charge in [0.2, 0.25) is 0 Å². The van der Waals surface area contributed by atoms with Crippen LogP contribution in [0.5, 0.6) is 0 Å². The standard InChI is InChI=1S/C19H18N4O/c1-12-8-15-16(9-13(12)2)22-18(23-7-6-21-19(15)23)10-17(24)14-4-3-5-20-11-14/h3-5,8-11,22H,6-7H2,1-2H3. The Labute approximate surface area is 140 Å². The van der Waals surface area contributed by atoms with Gasteiger partial charge in [-0.3, -0.25) is 14.8 Å². The summed E-state index contributed by atoms with van der Waals surface area (Å²) in [6.45, 7) is 5.71. The van der Waals surface area contributed by atoms with Crippen molar-refractivity contribution < 1.29 is 4.79 Å². The predicted octanol–water partition coefficient (Wildman–Crippen LogP) is 2.91. The van der Waals surface area contributed by atoms with Gasteiger partial charge in [0.05, 0.1) is 12.2 Å². The zero-order chi connectivity index (χ0) is 16.7. The van der Waals surface area contributed by atoms with E-state index in [1.807, 2.05) is 0 Å². The summed E-state index contributed by atoms with van der Waals surface area (Å²) in [4.78, 5) is 23.2. The minimum atomic E-state index is -0.0656. The van der Waals surface area contributed by atoms with E-state index in [-0.39, 0.29) is 5.78 Å². The highest BCUT2D eigenvalue weighted by molar-refractivity contribution is 6.10. The summed E-state index contributed by atoms with van der Waals surface area (Å²) >= 11 is 0. The van der Waals surface area contributed by atoms with Crippen LogP contribution in [0, 0.1) is 13.8 Å². The highest BCUT2D eigenvalue weighted by Crippen LogP contribution is 2.32. The van der Waals surface area contributed by atoms with Crippen molar-refractivity contribution in [2.24, 2.45) is 4.99 Å². The number of aromatic nitrogens is 1. The normalized spacial score (nSPS) is 17.2. The number of nitrogens with zero attached hydrogens (tertiary/aromatic N) is 3. The lowest BCUT2D eigenvalue weighted by molar-refractivity contribution is 0.104. The first-order chi connectivity index (χ1) is 11.6. The molecule has 4 rings (SSSR count). The monoisotopic (exact) mass is 318 g/mol. The van der Waals surface area contributed by atoms with Crippen LogP contribution in [0.3, 0.4) is 0 Å². The Morgan fingerprint density at radius 3 is 2.92 bits per heavy atom. The molecule has 1 aromatic heterocycles. The molecule has 0 unspecified atom stereocenters. The molecule has 24 heavy (non-hydrogen) atoms. The van der Waals surface area contributed by atoms with Gasteiger partial charge in [0.1, 0.15) is 11.7 Å². The van der Waals surface area contributed by atoms with Gasteiger partial charge in [-0.05, 0) is 49.2 Å². The number of ketones is 1. The van der Waals surface area contributed by atoms with E-state index < -0.39 is 0 Å². The number of amidine groups is 1. The second-order valence-electron chi connectivity index (χ2n) is 6.10. The average molecular weight is 318 g/mol. The van der Waals surface area contributed by atoms with Crippen molar-refractivity contribution in [2.75, 3.05) is 18.4 Å². The molecule has 2 aliphatic rings. The lowest BCUT2D eigenvalue weighted by Gasteiger charge is -2.32. The lowest BCUT2D eigenvalue weighted by Crippen LogP contribution is -2.36. The van der Waals surface area contributed by atoms with Crippen LogP contribution < -0.4 is 5.32 Å². The first-order valence-electron chi connectivity index (χ1n) is 8.00. The van der Waals surface area contributed by atoms with Crippen LogP contribution in [0.2, 0.25) is 0 Å². The summed E-state index contributed by atoms with van der Waals surface area (Å²) < 4.78 is 0. The molecule has 5 nitrogen and oxygen atoms in total. The van der Waals surface area contributed by atoms with Crippen LogP contribution in [0.4, 0.5) is 5.69 Å². The molecular weight excluding hydrogens is 300 g/mol. The fourth-order valence-electron chi connectivity index (χ4n) is 3.05. The number of aliphatic imine (C=N–C) groups is 1. The number of pyridine rings is 1. The van der Waals surface area contributed by atoms with E-state index in [0.29, 0.717) is 5.56 Å². The molecule has 0 saturated heterocycles. The Hall–Kier alpha value is -2.95. The van der Waals surface area contributed by atoms with E-state index >= 15 is 0 Å². The topological polar surface area (TPSA) is 57.6 Å².